The maximum Gasteiger partial charge on any atom is 0.222 e. The molecule has 5 heteroatoms. The topological polar surface area (TPSA) is 69.6 Å². The van der Waals surface area contributed by atoms with Crippen LogP contribution in [0, 0.1) is 0 Å². The second kappa shape index (κ2) is 5.70. The van der Waals surface area contributed by atoms with Crippen molar-refractivity contribution in [2.75, 3.05) is 19.6 Å². The van der Waals surface area contributed by atoms with Crippen LogP contribution in [0.3, 0.4) is 0 Å². The molecule has 1 atom stereocenters. The summed E-state index contributed by atoms with van der Waals surface area (Å²) in [6.45, 7) is 3.26. The molecule has 1 aliphatic heterocycles. The van der Waals surface area contributed by atoms with Crippen LogP contribution in [-0.4, -0.2) is 47.6 Å². The van der Waals surface area contributed by atoms with Gasteiger partial charge in [-0.15, -0.1) is 0 Å². The Labute approximate surface area is 89.4 Å². The lowest BCUT2D eigenvalue weighted by atomic mass is 10.2. The highest BCUT2D eigenvalue weighted by Gasteiger charge is 2.18. The fourth-order valence-corrected chi connectivity index (χ4v) is 1.51. The van der Waals surface area contributed by atoms with E-state index in [0.29, 0.717) is 38.9 Å². The number of nitrogens with zero attached hydrogens (tertiary/aromatic N) is 1. The number of carbonyl (C=O) groups excluding carboxylic acids is 2. The third kappa shape index (κ3) is 4.29. The molecule has 0 aromatic rings. The van der Waals surface area contributed by atoms with Gasteiger partial charge in [-0.2, -0.15) is 0 Å². The standard InChI is InChI=1S/C10H18N2O3/c1-8(13)2-3-10(15)12-6-4-9(14)11-5-7-12/h8,13H,2-7H2,1H3,(H,11,14). The lowest BCUT2D eigenvalue weighted by Gasteiger charge is -2.19. The van der Waals surface area contributed by atoms with E-state index < -0.39 is 6.10 Å². The van der Waals surface area contributed by atoms with Crippen molar-refractivity contribution in [2.45, 2.75) is 32.3 Å². The molecule has 0 aliphatic carbocycles. The molecule has 0 aromatic heterocycles. The smallest absolute Gasteiger partial charge is 0.222 e. The first kappa shape index (κ1) is 12.0. The van der Waals surface area contributed by atoms with Crippen molar-refractivity contribution in [1.29, 1.82) is 0 Å². The lowest BCUT2D eigenvalue weighted by Crippen LogP contribution is -2.34. The summed E-state index contributed by atoms with van der Waals surface area (Å²) >= 11 is 0. The molecular weight excluding hydrogens is 196 g/mol. The Morgan fingerprint density at radius 1 is 1.60 bits per heavy atom. The van der Waals surface area contributed by atoms with Crippen LogP contribution in [0.15, 0.2) is 0 Å². The molecule has 1 unspecified atom stereocenters. The van der Waals surface area contributed by atoms with Gasteiger partial charge < -0.3 is 15.3 Å². The number of hydrogen-bond donors (Lipinski definition) is 2. The summed E-state index contributed by atoms with van der Waals surface area (Å²) in [4.78, 5) is 24.3. The first-order valence-corrected chi connectivity index (χ1v) is 5.32. The molecule has 2 amide bonds. The average Bonchev–Trinajstić information content (AvgIpc) is 2.39. The van der Waals surface area contributed by atoms with Crippen LogP contribution >= 0.6 is 0 Å². The van der Waals surface area contributed by atoms with E-state index in [2.05, 4.69) is 5.32 Å². The van der Waals surface area contributed by atoms with E-state index in [0.717, 1.165) is 0 Å². The predicted octanol–water partition coefficient (Wildman–Crippen LogP) is -0.504. The quantitative estimate of drug-likeness (QED) is 0.665. The van der Waals surface area contributed by atoms with E-state index in [1.54, 1.807) is 11.8 Å². The minimum absolute atomic E-state index is 0.000765. The van der Waals surface area contributed by atoms with Gasteiger partial charge in [0.05, 0.1) is 6.10 Å². The van der Waals surface area contributed by atoms with Gasteiger partial charge in [0.2, 0.25) is 11.8 Å². The maximum atomic E-state index is 11.6. The second-order valence-corrected chi connectivity index (χ2v) is 3.87. The first-order valence-electron chi connectivity index (χ1n) is 5.32. The maximum absolute atomic E-state index is 11.6. The van der Waals surface area contributed by atoms with Crippen LogP contribution in [-0.2, 0) is 9.59 Å². The van der Waals surface area contributed by atoms with Crippen molar-refractivity contribution in [3.8, 4) is 0 Å². The summed E-state index contributed by atoms with van der Waals surface area (Å²) < 4.78 is 0. The molecule has 86 valence electrons. The Bertz CT molecular complexity index is 241. The minimum Gasteiger partial charge on any atom is -0.393 e. The molecule has 1 rings (SSSR count). The highest BCUT2D eigenvalue weighted by molar-refractivity contribution is 5.80. The summed E-state index contributed by atoms with van der Waals surface area (Å²) in [5.74, 6) is 0.0215. The zero-order chi connectivity index (χ0) is 11.3. The van der Waals surface area contributed by atoms with E-state index in [-0.39, 0.29) is 11.8 Å². The molecule has 0 radical (unpaired) electrons. The number of amides is 2. The molecule has 15 heavy (non-hydrogen) atoms. The number of aliphatic hydroxyl groups excluding tert-OH is 1. The molecule has 1 aliphatic rings. The first-order chi connectivity index (χ1) is 7.09. The van der Waals surface area contributed by atoms with Gasteiger partial charge in [0.1, 0.15) is 0 Å². The van der Waals surface area contributed by atoms with Gasteiger partial charge in [-0.25, -0.2) is 0 Å². The monoisotopic (exact) mass is 214 g/mol. The van der Waals surface area contributed by atoms with Crippen molar-refractivity contribution >= 4 is 11.8 Å². The van der Waals surface area contributed by atoms with Crippen molar-refractivity contribution in [1.82, 2.24) is 10.2 Å². The Morgan fingerprint density at radius 3 is 3.00 bits per heavy atom. The van der Waals surface area contributed by atoms with Crippen LogP contribution in [0.25, 0.3) is 0 Å². The summed E-state index contributed by atoms with van der Waals surface area (Å²) in [6.07, 6.45) is 0.767. The largest absolute Gasteiger partial charge is 0.393 e. The van der Waals surface area contributed by atoms with Gasteiger partial charge in [-0.3, -0.25) is 9.59 Å². The summed E-state index contributed by atoms with van der Waals surface area (Å²) in [6, 6.07) is 0. The van der Waals surface area contributed by atoms with Crippen LogP contribution in [0.1, 0.15) is 26.2 Å². The number of carbonyl (C=O) groups is 2. The van der Waals surface area contributed by atoms with Gasteiger partial charge in [0.25, 0.3) is 0 Å². The van der Waals surface area contributed by atoms with Gasteiger partial charge >= 0.3 is 0 Å². The SMILES string of the molecule is CC(O)CCC(=O)N1CCNC(=O)CC1. The number of nitrogens with one attached hydrogen (secondary N) is 1. The predicted molar refractivity (Wildman–Crippen MR) is 55.1 cm³/mol. The zero-order valence-electron chi connectivity index (χ0n) is 9.03. The molecule has 1 saturated heterocycles. The van der Waals surface area contributed by atoms with Crippen LogP contribution < -0.4 is 5.32 Å². The second-order valence-electron chi connectivity index (χ2n) is 3.87. The molecule has 1 heterocycles. The van der Waals surface area contributed by atoms with Crippen molar-refractivity contribution in [3.63, 3.8) is 0 Å². The fourth-order valence-electron chi connectivity index (χ4n) is 1.51. The molecule has 0 bridgehead atoms. The Balaban J connectivity index is 2.35. The number of hydrogen-bond acceptors (Lipinski definition) is 3. The lowest BCUT2D eigenvalue weighted by molar-refractivity contribution is -0.131. The number of rotatable bonds is 3. The molecule has 2 N–H and O–H groups in total. The van der Waals surface area contributed by atoms with E-state index in [4.69, 9.17) is 5.11 Å². The van der Waals surface area contributed by atoms with Crippen molar-refractivity contribution in [2.24, 2.45) is 0 Å². The molecule has 1 fully saturated rings. The van der Waals surface area contributed by atoms with Gasteiger partial charge in [-0.1, -0.05) is 0 Å². The van der Waals surface area contributed by atoms with Crippen molar-refractivity contribution in [3.05, 3.63) is 0 Å². The van der Waals surface area contributed by atoms with Crippen LogP contribution in [0.5, 0.6) is 0 Å². The molecular formula is C10H18N2O3. The van der Waals surface area contributed by atoms with Gasteiger partial charge in [0.15, 0.2) is 0 Å². The van der Waals surface area contributed by atoms with E-state index in [1.807, 2.05) is 0 Å². The Kier molecular flexibility index (Phi) is 4.55. The van der Waals surface area contributed by atoms with Crippen LogP contribution in [0.4, 0.5) is 0 Å². The average molecular weight is 214 g/mol. The van der Waals surface area contributed by atoms with Gasteiger partial charge in [-0.05, 0) is 13.3 Å². The molecule has 0 saturated carbocycles. The summed E-state index contributed by atoms with van der Waals surface area (Å²) in [5.41, 5.74) is 0. The van der Waals surface area contributed by atoms with E-state index in [9.17, 15) is 9.59 Å². The molecule has 0 aromatic carbocycles. The third-order valence-electron chi connectivity index (χ3n) is 2.44. The Hall–Kier alpha value is -1.10. The molecule has 5 nitrogen and oxygen atoms in total. The van der Waals surface area contributed by atoms with Crippen molar-refractivity contribution < 1.29 is 14.7 Å². The van der Waals surface area contributed by atoms with E-state index in [1.165, 1.54) is 0 Å². The highest BCUT2D eigenvalue weighted by atomic mass is 16.3. The Morgan fingerprint density at radius 2 is 2.33 bits per heavy atom. The molecule has 0 spiro atoms. The normalized spacial score (nSPS) is 19.3. The zero-order valence-corrected chi connectivity index (χ0v) is 9.03. The summed E-state index contributed by atoms with van der Waals surface area (Å²) in [5, 5.41) is 11.8. The fraction of sp³-hybridized carbons (Fsp3) is 0.800. The van der Waals surface area contributed by atoms with Gasteiger partial charge in [0, 0.05) is 32.5 Å². The summed E-state index contributed by atoms with van der Waals surface area (Å²) in [7, 11) is 0. The van der Waals surface area contributed by atoms with E-state index >= 15 is 0 Å². The van der Waals surface area contributed by atoms with Crippen LogP contribution in [0.2, 0.25) is 0 Å². The third-order valence-corrected chi connectivity index (χ3v) is 2.44. The highest BCUT2D eigenvalue weighted by Crippen LogP contribution is 2.03. The minimum atomic E-state index is -0.444. The number of aliphatic hydroxyl groups is 1.